The van der Waals surface area contributed by atoms with Gasteiger partial charge in [-0.25, -0.2) is 0 Å². The molecule has 1 fully saturated rings. The van der Waals surface area contributed by atoms with Gasteiger partial charge in [-0.3, -0.25) is 4.79 Å². The third kappa shape index (κ3) is 3.46. The van der Waals surface area contributed by atoms with E-state index in [4.69, 9.17) is 11.6 Å². The number of hydrogen-bond acceptors (Lipinski definition) is 2. The van der Waals surface area contributed by atoms with Crippen molar-refractivity contribution in [2.24, 2.45) is 5.92 Å². The molecule has 1 aliphatic rings. The summed E-state index contributed by atoms with van der Waals surface area (Å²) in [4.78, 5) is 12.6. The van der Waals surface area contributed by atoms with Crippen molar-refractivity contribution in [2.75, 3.05) is 6.61 Å². The van der Waals surface area contributed by atoms with Crippen molar-refractivity contribution < 1.29 is 9.90 Å². The molecule has 3 atom stereocenters. The molecule has 2 N–H and O–H groups in total. The summed E-state index contributed by atoms with van der Waals surface area (Å²) in [6.45, 7) is -0.126. The molecule has 0 aliphatic heterocycles. The highest BCUT2D eigenvalue weighted by Crippen LogP contribution is 2.48. The maximum Gasteiger partial charge on any atom is 0.224 e. The Bertz CT molecular complexity index is 956. The summed E-state index contributed by atoms with van der Waals surface area (Å²) in [5.41, 5.74) is 2.02. The van der Waals surface area contributed by atoms with Crippen molar-refractivity contribution in [3.63, 3.8) is 0 Å². The summed E-state index contributed by atoms with van der Waals surface area (Å²) in [6, 6.07) is 21.4. The molecule has 132 valence electrons. The van der Waals surface area contributed by atoms with E-state index >= 15 is 0 Å². The molecule has 1 aliphatic carbocycles. The van der Waals surface area contributed by atoms with Gasteiger partial charge in [0.05, 0.1) is 12.6 Å². The molecule has 4 heteroatoms. The number of fused-ring (bicyclic) bond motifs is 1. The van der Waals surface area contributed by atoms with Crippen LogP contribution in [0.3, 0.4) is 0 Å². The molecule has 0 radical (unpaired) electrons. The van der Waals surface area contributed by atoms with E-state index in [1.54, 1.807) is 0 Å². The third-order valence-corrected chi connectivity index (χ3v) is 5.31. The van der Waals surface area contributed by atoms with Crippen molar-refractivity contribution >= 4 is 28.3 Å². The molecule has 0 aromatic heterocycles. The van der Waals surface area contributed by atoms with Gasteiger partial charge in [0.1, 0.15) is 0 Å². The fourth-order valence-electron chi connectivity index (χ4n) is 3.53. The number of carbonyl (C=O) groups is 1. The fourth-order valence-corrected chi connectivity index (χ4v) is 3.73. The summed E-state index contributed by atoms with van der Waals surface area (Å²) in [5.74, 6) is 0.148. The highest BCUT2D eigenvalue weighted by molar-refractivity contribution is 6.30. The number of rotatable bonds is 5. The Morgan fingerprint density at radius 1 is 1.08 bits per heavy atom. The van der Waals surface area contributed by atoms with Gasteiger partial charge in [-0.2, -0.15) is 0 Å². The van der Waals surface area contributed by atoms with Crippen molar-refractivity contribution in [3.05, 3.63) is 82.9 Å². The predicted molar refractivity (Wildman–Crippen MR) is 104 cm³/mol. The second-order valence-electron chi connectivity index (χ2n) is 6.85. The topological polar surface area (TPSA) is 49.3 Å². The van der Waals surface area contributed by atoms with Crippen LogP contribution in [0.15, 0.2) is 66.7 Å². The molecular formula is C22H20ClNO2. The van der Waals surface area contributed by atoms with Crippen LogP contribution in [0, 0.1) is 5.92 Å². The maximum absolute atomic E-state index is 12.6. The van der Waals surface area contributed by atoms with E-state index in [2.05, 4.69) is 5.32 Å². The van der Waals surface area contributed by atoms with Crippen molar-refractivity contribution in [3.8, 4) is 0 Å². The molecule has 4 rings (SSSR count). The Hall–Kier alpha value is -2.36. The normalized spacial score (nSPS) is 19.9. The molecule has 3 unspecified atom stereocenters. The number of halogens is 1. The maximum atomic E-state index is 12.6. The highest BCUT2D eigenvalue weighted by Gasteiger charge is 2.44. The van der Waals surface area contributed by atoms with E-state index in [0.717, 1.165) is 28.3 Å². The molecule has 0 heterocycles. The summed E-state index contributed by atoms with van der Waals surface area (Å²) in [6.07, 6.45) is 0.821. The molecular weight excluding hydrogens is 346 g/mol. The van der Waals surface area contributed by atoms with Gasteiger partial charge in [-0.05, 0) is 52.4 Å². The lowest BCUT2D eigenvalue weighted by molar-refractivity contribution is -0.123. The van der Waals surface area contributed by atoms with Crippen LogP contribution >= 0.6 is 11.6 Å². The molecule has 1 saturated carbocycles. The van der Waals surface area contributed by atoms with Crippen LogP contribution in [0.25, 0.3) is 10.8 Å². The van der Waals surface area contributed by atoms with Crippen molar-refractivity contribution in [1.29, 1.82) is 0 Å². The lowest BCUT2D eigenvalue weighted by atomic mass is 10.0. The second kappa shape index (κ2) is 7.10. The smallest absolute Gasteiger partial charge is 0.224 e. The second-order valence-corrected chi connectivity index (χ2v) is 7.29. The highest BCUT2D eigenvalue weighted by atomic mass is 35.5. The zero-order valence-corrected chi connectivity index (χ0v) is 15.0. The Balaban J connectivity index is 1.47. The number of amides is 1. The first-order valence-electron chi connectivity index (χ1n) is 8.81. The Kier molecular flexibility index (Phi) is 4.66. The molecule has 3 aromatic rings. The van der Waals surface area contributed by atoms with Gasteiger partial charge >= 0.3 is 0 Å². The summed E-state index contributed by atoms with van der Waals surface area (Å²) >= 11 is 6.04. The van der Waals surface area contributed by atoms with Crippen molar-refractivity contribution in [2.45, 2.75) is 18.4 Å². The zero-order valence-electron chi connectivity index (χ0n) is 14.2. The van der Waals surface area contributed by atoms with Crippen LogP contribution in [0.1, 0.15) is 29.5 Å². The number of carbonyl (C=O) groups excluding carboxylic acids is 1. The first kappa shape index (κ1) is 17.1. The van der Waals surface area contributed by atoms with E-state index in [-0.39, 0.29) is 24.3 Å². The summed E-state index contributed by atoms with van der Waals surface area (Å²) in [5, 5.41) is 15.7. The van der Waals surface area contributed by atoms with Gasteiger partial charge in [0.15, 0.2) is 0 Å². The van der Waals surface area contributed by atoms with Gasteiger partial charge in [-0.15, -0.1) is 0 Å². The van der Waals surface area contributed by atoms with E-state index in [1.165, 1.54) is 0 Å². The molecule has 3 nitrogen and oxygen atoms in total. The van der Waals surface area contributed by atoms with Crippen LogP contribution in [-0.2, 0) is 4.79 Å². The van der Waals surface area contributed by atoms with Gasteiger partial charge in [0.2, 0.25) is 5.91 Å². The average Bonchev–Trinajstić information content (AvgIpc) is 3.46. The summed E-state index contributed by atoms with van der Waals surface area (Å²) in [7, 11) is 0. The van der Waals surface area contributed by atoms with Crippen LogP contribution in [0.2, 0.25) is 5.02 Å². The standard InChI is InChI=1S/C22H20ClNO2/c23-18-7-3-6-16(11-18)19-12-20(19)22(26)24-21(13-25)17-9-8-14-4-1-2-5-15(14)10-17/h1-11,19-21,25H,12-13H2,(H,24,26). The third-order valence-electron chi connectivity index (χ3n) is 5.08. The SMILES string of the molecule is O=C(NC(CO)c1ccc2ccccc2c1)C1CC1c1cccc(Cl)c1. The van der Waals surface area contributed by atoms with Gasteiger partial charge in [-0.1, -0.05) is 60.1 Å². The Labute approximate surface area is 157 Å². The lowest BCUT2D eigenvalue weighted by Crippen LogP contribution is -2.32. The van der Waals surface area contributed by atoms with E-state index in [0.29, 0.717) is 5.02 Å². The van der Waals surface area contributed by atoms with Crippen LogP contribution in [0.5, 0.6) is 0 Å². The fraction of sp³-hybridized carbons (Fsp3) is 0.227. The molecule has 1 amide bonds. The Morgan fingerprint density at radius 3 is 2.65 bits per heavy atom. The monoisotopic (exact) mass is 365 g/mol. The average molecular weight is 366 g/mol. The quantitative estimate of drug-likeness (QED) is 0.702. The van der Waals surface area contributed by atoms with E-state index < -0.39 is 6.04 Å². The number of aliphatic hydroxyl groups is 1. The lowest BCUT2D eigenvalue weighted by Gasteiger charge is -2.17. The minimum absolute atomic E-state index is 0.0119. The van der Waals surface area contributed by atoms with E-state index in [1.807, 2.05) is 66.7 Å². The van der Waals surface area contributed by atoms with Gasteiger partial charge in [0, 0.05) is 10.9 Å². The van der Waals surface area contributed by atoms with Crippen LogP contribution in [0.4, 0.5) is 0 Å². The zero-order chi connectivity index (χ0) is 18.1. The first-order chi connectivity index (χ1) is 12.7. The molecule has 0 bridgehead atoms. The number of benzene rings is 3. The molecule has 26 heavy (non-hydrogen) atoms. The Morgan fingerprint density at radius 2 is 1.88 bits per heavy atom. The predicted octanol–water partition coefficient (Wildman–Crippen LogP) is 4.45. The largest absolute Gasteiger partial charge is 0.394 e. The van der Waals surface area contributed by atoms with Crippen molar-refractivity contribution in [1.82, 2.24) is 5.32 Å². The number of hydrogen-bond donors (Lipinski definition) is 2. The van der Waals surface area contributed by atoms with Gasteiger partial charge < -0.3 is 10.4 Å². The van der Waals surface area contributed by atoms with Gasteiger partial charge in [0.25, 0.3) is 0 Å². The van der Waals surface area contributed by atoms with Crippen LogP contribution < -0.4 is 5.32 Å². The van der Waals surface area contributed by atoms with E-state index in [9.17, 15) is 9.90 Å². The molecule has 0 spiro atoms. The minimum atomic E-state index is -0.396. The van der Waals surface area contributed by atoms with Crippen LogP contribution in [-0.4, -0.2) is 17.6 Å². The molecule has 0 saturated heterocycles. The minimum Gasteiger partial charge on any atom is -0.394 e. The summed E-state index contributed by atoms with van der Waals surface area (Å²) < 4.78 is 0. The first-order valence-corrected chi connectivity index (χ1v) is 9.19. The number of nitrogens with one attached hydrogen (secondary N) is 1. The molecule has 3 aromatic carbocycles. The number of aliphatic hydroxyl groups excluding tert-OH is 1.